The second-order valence-electron chi connectivity index (χ2n) is 4.54. The third-order valence-corrected chi connectivity index (χ3v) is 2.87. The maximum Gasteiger partial charge on any atom is 0.167 e. The summed E-state index contributed by atoms with van der Waals surface area (Å²) in [5.41, 5.74) is 7.15. The molecule has 0 saturated carbocycles. The van der Waals surface area contributed by atoms with Crippen molar-refractivity contribution in [3.8, 4) is 5.75 Å². The van der Waals surface area contributed by atoms with Crippen molar-refractivity contribution < 1.29 is 9.13 Å². The minimum Gasteiger partial charge on any atom is -0.479 e. The van der Waals surface area contributed by atoms with E-state index in [1.54, 1.807) is 31.3 Å². The Bertz CT molecular complexity index is 543. The zero-order valence-electron chi connectivity index (χ0n) is 11.0. The molecule has 0 bridgehead atoms. The molecule has 2 unspecified atom stereocenters. The molecule has 1 aromatic carbocycles. The molecule has 19 heavy (non-hydrogen) atoms. The standard InChI is InChI=1S/C15H17FN2O/c1-10-6-5-8-13(14(10)16)19-15(11(2)17)12-7-3-4-9-18-12/h3-9,11,15H,17H2,1-2H3. The number of rotatable bonds is 4. The fourth-order valence-corrected chi connectivity index (χ4v) is 1.83. The zero-order valence-corrected chi connectivity index (χ0v) is 11.0. The number of benzene rings is 1. The molecular formula is C15H17FN2O. The van der Waals surface area contributed by atoms with Crippen LogP contribution in [-0.4, -0.2) is 11.0 Å². The summed E-state index contributed by atoms with van der Waals surface area (Å²) in [6.07, 6.45) is 1.19. The van der Waals surface area contributed by atoms with Crippen molar-refractivity contribution in [3.63, 3.8) is 0 Å². The van der Waals surface area contributed by atoms with Crippen LogP contribution in [0.4, 0.5) is 4.39 Å². The molecule has 4 heteroatoms. The molecule has 2 aromatic rings. The number of nitrogens with two attached hydrogens (primary N) is 1. The predicted molar refractivity (Wildman–Crippen MR) is 72.4 cm³/mol. The van der Waals surface area contributed by atoms with Gasteiger partial charge in [0.15, 0.2) is 17.7 Å². The minimum absolute atomic E-state index is 0.202. The summed E-state index contributed by atoms with van der Waals surface area (Å²) >= 11 is 0. The number of ether oxygens (including phenoxy) is 1. The van der Waals surface area contributed by atoms with E-state index in [2.05, 4.69) is 4.98 Å². The fraction of sp³-hybridized carbons (Fsp3) is 0.267. The van der Waals surface area contributed by atoms with Gasteiger partial charge in [-0.05, 0) is 37.6 Å². The van der Waals surface area contributed by atoms with E-state index in [1.165, 1.54) is 0 Å². The zero-order chi connectivity index (χ0) is 13.8. The number of aryl methyl sites for hydroxylation is 1. The number of hydrogen-bond donors (Lipinski definition) is 1. The molecule has 2 rings (SSSR count). The van der Waals surface area contributed by atoms with Crippen molar-refractivity contribution in [2.24, 2.45) is 5.73 Å². The second-order valence-corrected chi connectivity index (χ2v) is 4.54. The lowest BCUT2D eigenvalue weighted by Gasteiger charge is -2.22. The third-order valence-electron chi connectivity index (χ3n) is 2.87. The smallest absolute Gasteiger partial charge is 0.167 e. The monoisotopic (exact) mass is 260 g/mol. The van der Waals surface area contributed by atoms with E-state index in [-0.39, 0.29) is 17.6 Å². The molecule has 0 spiro atoms. The average Bonchev–Trinajstić information content (AvgIpc) is 2.41. The van der Waals surface area contributed by atoms with Gasteiger partial charge in [-0.1, -0.05) is 18.2 Å². The SMILES string of the molecule is Cc1cccc(OC(c2ccccn2)C(C)N)c1F. The Kier molecular flexibility index (Phi) is 4.12. The maximum atomic E-state index is 14.0. The van der Waals surface area contributed by atoms with Crippen LogP contribution >= 0.6 is 0 Å². The van der Waals surface area contributed by atoms with Gasteiger partial charge in [0.2, 0.25) is 0 Å². The molecule has 2 atom stereocenters. The summed E-state index contributed by atoms with van der Waals surface area (Å²) in [7, 11) is 0. The quantitative estimate of drug-likeness (QED) is 0.919. The highest BCUT2D eigenvalue weighted by Gasteiger charge is 2.21. The lowest BCUT2D eigenvalue weighted by molar-refractivity contribution is 0.168. The van der Waals surface area contributed by atoms with E-state index in [9.17, 15) is 4.39 Å². The van der Waals surface area contributed by atoms with Crippen molar-refractivity contribution in [1.82, 2.24) is 4.98 Å². The highest BCUT2D eigenvalue weighted by molar-refractivity contribution is 5.31. The highest BCUT2D eigenvalue weighted by atomic mass is 19.1. The number of nitrogens with zero attached hydrogens (tertiary/aromatic N) is 1. The van der Waals surface area contributed by atoms with E-state index < -0.39 is 6.10 Å². The molecule has 1 aromatic heterocycles. The van der Waals surface area contributed by atoms with E-state index in [4.69, 9.17) is 10.5 Å². The van der Waals surface area contributed by atoms with Crippen LogP contribution in [0.3, 0.4) is 0 Å². The Balaban J connectivity index is 2.30. The Morgan fingerprint density at radius 1 is 1.21 bits per heavy atom. The van der Waals surface area contributed by atoms with Crippen LogP contribution in [0.25, 0.3) is 0 Å². The van der Waals surface area contributed by atoms with Crippen LogP contribution in [0, 0.1) is 12.7 Å². The maximum absolute atomic E-state index is 14.0. The van der Waals surface area contributed by atoms with Crippen molar-refractivity contribution in [3.05, 3.63) is 59.7 Å². The lowest BCUT2D eigenvalue weighted by atomic mass is 10.1. The first kappa shape index (κ1) is 13.5. The Morgan fingerprint density at radius 2 is 2.00 bits per heavy atom. The van der Waals surface area contributed by atoms with Gasteiger partial charge in [0.1, 0.15) is 0 Å². The van der Waals surface area contributed by atoms with Crippen LogP contribution in [0.5, 0.6) is 5.75 Å². The largest absolute Gasteiger partial charge is 0.479 e. The van der Waals surface area contributed by atoms with Gasteiger partial charge in [-0.3, -0.25) is 4.98 Å². The topological polar surface area (TPSA) is 48.1 Å². The fourth-order valence-electron chi connectivity index (χ4n) is 1.83. The Morgan fingerprint density at radius 3 is 2.63 bits per heavy atom. The van der Waals surface area contributed by atoms with Crippen molar-refractivity contribution in [2.75, 3.05) is 0 Å². The van der Waals surface area contributed by atoms with Gasteiger partial charge in [0.25, 0.3) is 0 Å². The van der Waals surface area contributed by atoms with Crippen molar-refractivity contribution >= 4 is 0 Å². The molecule has 2 N–H and O–H groups in total. The summed E-state index contributed by atoms with van der Waals surface area (Å²) in [4.78, 5) is 4.22. The van der Waals surface area contributed by atoms with Crippen LogP contribution in [-0.2, 0) is 0 Å². The van der Waals surface area contributed by atoms with Crippen LogP contribution < -0.4 is 10.5 Å². The molecule has 100 valence electrons. The number of aromatic nitrogens is 1. The van der Waals surface area contributed by atoms with Gasteiger partial charge in [-0.25, -0.2) is 4.39 Å². The van der Waals surface area contributed by atoms with Crippen LogP contribution in [0.15, 0.2) is 42.6 Å². The first-order valence-corrected chi connectivity index (χ1v) is 6.18. The number of hydrogen-bond acceptors (Lipinski definition) is 3. The van der Waals surface area contributed by atoms with Gasteiger partial charge in [-0.15, -0.1) is 0 Å². The molecular weight excluding hydrogens is 243 g/mol. The number of pyridine rings is 1. The van der Waals surface area contributed by atoms with E-state index >= 15 is 0 Å². The van der Waals surface area contributed by atoms with Crippen LogP contribution in [0.1, 0.15) is 24.3 Å². The highest BCUT2D eigenvalue weighted by Crippen LogP contribution is 2.26. The molecule has 0 aliphatic carbocycles. The molecule has 0 aliphatic heterocycles. The minimum atomic E-state index is -0.475. The summed E-state index contributed by atoms with van der Waals surface area (Å²) in [6.45, 7) is 3.51. The van der Waals surface area contributed by atoms with Gasteiger partial charge >= 0.3 is 0 Å². The third kappa shape index (κ3) is 3.09. The van der Waals surface area contributed by atoms with Gasteiger partial charge in [0.05, 0.1) is 5.69 Å². The van der Waals surface area contributed by atoms with Gasteiger partial charge in [0, 0.05) is 12.2 Å². The number of halogens is 1. The summed E-state index contributed by atoms with van der Waals surface area (Å²) in [5.74, 6) is -0.156. The van der Waals surface area contributed by atoms with Crippen molar-refractivity contribution in [2.45, 2.75) is 26.0 Å². The molecule has 0 fully saturated rings. The molecule has 0 amide bonds. The average molecular weight is 260 g/mol. The summed E-state index contributed by atoms with van der Waals surface area (Å²) in [5, 5.41) is 0. The van der Waals surface area contributed by atoms with Gasteiger partial charge < -0.3 is 10.5 Å². The van der Waals surface area contributed by atoms with E-state index in [0.717, 1.165) is 0 Å². The normalized spacial score (nSPS) is 13.9. The second kappa shape index (κ2) is 5.80. The Labute approximate surface area is 112 Å². The van der Waals surface area contributed by atoms with E-state index in [0.29, 0.717) is 11.3 Å². The molecule has 0 aliphatic rings. The molecule has 3 nitrogen and oxygen atoms in total. The Hall–Kier alpha value is -1.94. The molecule has 0 saturated heterocycles. The van der Waals surface area contributed by atoms with Crippen LogP contribution in [0.2, 0.25) is 0 Å². The van der Waals surface area contributed by atoms with Crippen molar-refractivity contribution in [1.29, 1.82) is 0 Å². The predicted octanol–water partition coefficient (Wildman–Crippen LogP) is 3.00. The molecule has 1 heterocycles. The molecule has 0 radical (unpaired) electrons. The van der Waals surface area contributed by atoms with E-state index in [1.807, 2.05) is 25.1 Å². The summed E-state index contributed by atoms with van der Waals surface area (Å²) < 4.78 is 19.7. The van der Waals surface area contributed by atoms with Gasteiger partial charge in [-0.2, -0.15) is 0 Å². The first-order chi connectivity index (χ1) is 9.09. The first-order valence-electron chi connectivity index (χ1n) is 6.18. The lowest BCUT2D eigenvalue weighted by Crippen LogP contribution is -2.30. The summed E-state index contributed by atoms with van der Waals surface area (Å²) in [6, 6.07) is 10.2.